The van der Waals surface area contributed by atoms with E-state index >= 15 is 0 Å². The van der Waals surface area contributed by atoms with Crippen LogP contribution in [-0.4, -0.2) is 68.6 Å². The summed E-state index contributed by atoms with van der Waals surface area (Å²) in [6.45, 7) is 2.80. The summed E-state index contributed by atoms with van der Waals surface area (Å²) in [5, 5.41) is 17.7. The molecule has 212 valence electrons. The number of benzene rings is 1. The van der Waals surface area contributed by atoms with Crippen LogP contribution in [0.25, 0.3) is 0 Å². The van der Waals surface area contributed by atoms with E-state index in [0.717, 1.165) is 42.4 Å². The van der Waals surface area contributed by atoms with Crippen LogP contribution in [0.15, 0.2) is 36.7 Å². The van der Waals surface area contributed by atoms with Gasteiger partial charge in [-0.25, -0.2) is 4.98 Å². The van der Waals surface area contributed by atoms with Gasteiger partial charge in [0.2, 0.25) is 0 Å². The summed E-state index contributed by atoms with van der Waals surface area (Å²) in [7, 11) is 1.87. The van der Waals surface area contributed by atoms with Crippen molar-refractivity contribution in [2.75, 3.05) is 37.8 Å². The van der Waals surface area contributed by atoms with Gasteiger partial charge in [-0.1, -0.05) is 12.1 Å². The fraction of sp³-hybridized carbons (Fsp3) is 0.500. The predicted octanol–water partition coefficient (Wildman–Crippen LogP) is 3.10. The Kier molecular flexibility index (Phi) is 6.87. The second-order valence-corrected chi connectivity index (χ2v) is 11.2. The number of aromatic nitrogens is 4. The number of anilines is 1. The topological polar surface area (TPSA) is 96.6 Å². The number of rotatable bonds is 7. The molecule has 3 aromatic rings. The third-order valence-corrected chi connectivity index (χ3v) is 8.29. The molecule has 12 heteroatoms. The molecule has 3 aliphatic rings. The average molecular weight is 557 g/mol. The minimum atomic E-state index is -4.65. The van der Waals surface area contributed by atoms with Gasteiger partial charge in [0, 0.05) is 44.1 Å². The van der Waals surface area contributed by atoms with E-state index in [1.54, 1.807) is 12.4 Å². The molecule has 3 aliphatic heterocycles. The fourth-order valence-electron chi connectivity index (χ4n) is 5.95. The lowest BCUT2D eigenvalue weighted by molar-refractivity contribution is -0.141. The highest BCUT2D eigenvalue weighted by Gasteiger charge is 2.43. The van der Waals surface area contributed by atoms with Gasteiger partial charge < -0.3 is 14.4 Å². The summed E-state index contributed by atoms with van der Waals surface area (Å²) in [6.07, 6.45) is -0.650. The number of halogens is 3. The number of hydrogen-bond donors (Lipinski definition) is 1. The van der Waals surface area contributed by atoms with E-state index in [4.69, 9.17) is 4.74 Å². The molecular formula is C28H31F3N6O3. The lowest BCUT2D eigenvalue weighted by Crippen LogP contribution is -2.49. The molecule has 1 amide bonds. The van der Waals surface area contributed by atoms with Gasteiger partial charge in [0.05, 0.1) is 19.8 Å². The molecule has 40 heavy (non-hydrogen) atoms. The number of fused-ring (bicyclic) bond motifs is 1. The molecule has 5 heterocycles. The molecule has 1 N–H and O–H groups in total. The number of alkyl halides is 3. The SMILES string of the molecule is Cn1cnnc1CC1(c2ccc3c(c2)C(=O)N(c2cc(CN4CCCC(CO)C4)cc(C(F)(F)F)n2)C3)COC1. The van der Waals surface area contributed by atoms with Gasteiger partial charge in [-0.2, -0.15) is 13.2 Å². The number of carbonyl (C=O) groups is 1. The van der Waals surface area contributed by atoms with E-state index < -0.39 is 11.9 Å². The third-order valence-electron chi connectivity index (χ3n) is 8.29. The van der Waals surface area contributed by atoms with Crippen LogP contribution in [0.5, 0.6) is 0 Å². The Morgan fingerprint density at radius 3 is 2.70 bits per heavy atom. The lowest BCUT2D eigenvalue weighted by Gasteiger charge is -2.41. The highest BCUT2D eigenvalue weighted by atomic mass is 19.4. The summed E-state index contributed by atoms with van der Waals surface area (Å²) < 4.78 is 49.0. The van der Waals surface area contributed by atoms with Gasteiger partial charge in [0.25, 0.3) is 5.91 Å². The van der Waals surface area contributed by atoms with Crippen LogP contribution < -0.4 is 4.90 Å². The van der Waals surface area contributed by atoms with Crippen LogP contribution in [0, 0.1) is 5.92 Å². The number of ether oxygens (including phenoxy) is 1. The highest BCUT2D eigenvalue weighted by molar-refractivity contribution is 6.09. The van der Waals surface area contributed by atoms with Crippen molar-refractivity contribution in [1.29, 1.82) is 0 Å². The summed E-state index contributed by atoms with van der Waals surface area (Å²) in [5.41, 5.74) is 1.20. The largest absolute Gasteiger partial charge is 0.433 e. The summed E-state index contributed by atoms with van der Waals surface area (Å²) in [6, 6.07) is 8.32. The Labute approximate surface area is 229 Å². The van der Waals surface area contributed by atoms with Gasteiger partial charge in [0.1, 0.15) is 23.7 Å². The number of amides is 1. The molecule has 1 aromatic carbocycles. The Morgan fingerprint density at radius 2 is 2.02 bits per heavy atom. The first kappa shape index (κ1) is 26.9. The van der Waals surface area contributed by atoms with Crippen LogP contribution in [0.2, 0.25) is 0 Å². The van der Waals surface area contributed by atoms with Gasteiger partial charge in [-0.15, -0.1) is 10.2 Å². The summed E-state index contributed by atoms with van der Waals surface area (Å²) >= 11 is 0. The van der Waals surface area contributed by atoms with Crippen LogP contribution in [0.4, 0.5) is 19.0 Å². The van der Waals surface area contributed by atoms with Gasteiger partial charge in [-0.05, 0) is 60.2 Å². The molecule has 2 fully saturated rings. The normalized spacial score (nSPS) is 21.0. The maximum absolute atomic E-state index is 13.9. The van der Waals surface area contributed by atoms with Crippen molar-refractivity contribution >= 4 is 11.7 Å². The number of aryl methyl sites for hydroxylation is 1. The van der Waals surface area contributed by atoms with Gasteiger partial charge >= 0.3 is 6.18 Å². The molecule has 6 rings (SSSR count). The minimum absolute atomic E-state index is 0.0101. The molecule has 0 aliphatic carbocycles. The van der Waals surface area contributed by atoms with Crippen molar-refractivity contribution in [3.8, 4) is 0 Å². The number of aliphatic hydroxyl groups excluding tert-OH is 1. The zero-order valence-electron chi connectivity index (χ0n) is 22.2. The minimum Gasteiger partial charge on any atom is -0.396 e. The molecule has 2 aromatic heterocycles. The zero-order chi connectivity index (χ0) is 28.1. The Bertz CT molecular complexity index is 1420. The number of carbonyl (C=O) groups excluding carboxylic acids is 1. The second-order valence-electron chi connectivity index (χ2n) is 11.2. The van der Waals surface area contributed by atoms with Crippen LogP contribution >= 0.6 is 0 Å². The van der Waals surface area contributed by atoms with Crippen molar-refractivity contribution in [1.82, 2.24) is 24.6 Å². The standard InChI is InChI=1S/C28H31F3N6O3/c1-35-17-32-34-25(35)10-27(15-40-16-27)21-5-4-20-13-37(26(39)22(20)9-21)24-8-19(7-23(33-24)28(29,30)31)12-36-6-2-3-18(11-36)14-38/h4-5,7-9,17-18,38H,2-3,6,10-16H2,1H3. The lowest BCUT2D eigenvalue weighted by atomic mass is 9.75. The zero-order valence-corrected chi connectivity index (χ0v) is 22.2. The first-order valence-corrected chi connectivity index (χ1v) is 13.4. The van der Waals surface area contributed by atoms with E-state index in [9.17, 15) is 23.1 Å². The van der Waals surface area contributed by atoms with E-state index in [1.165, 1.54) is 4.90 Å². The molecule has 0 spiro atoms. The van der Waals surface area contributed by atoms with Crippen molar-refractivity contribution < 1.29 is 27.8 Å². The van der Waals surface area contributed by atoms with Crippen LogP contribution in [-0.2, 0) is 42.9 Å². The Hall–Kier alpha value is -3.35. The number of pyridine rings is 1. The first-order valence-electron chi connectivity index (χ1n) is 13.4. The molecule has 0 saturated carbocycles. The smallest absolute Gasteiger partial charge is 0.396 e. The maximum atomic E-state index is 13.9. The van der Waals surface area contributed by atoms with Crippen molar-refractivity contribution in [2.45, 2.75) is 43.9 Å². The maximum Gasteiger partial charge on any atom is 0.433 e. The molecule has 1 atom stereocenters. The average Bonchev–Trinajstić information content (AvgIpc) is 3.47. The number of piperidine rings is 1. The molecule has 2 saturated heterocycles. The number of nitrogens with zero attached hydrogens (tertiary/aromatic N) is 6. The number of likely N-dealkylation sites (tertiary alicyclic amines) is 1. The van der Waals surface area contributed by atoms with E-state index in [0.29, 0.717) is 43.9 Å². The summed E-state index contributed by atoms with van der Waals surface area (Å²) in [4.78, 5) is 20.9. The molecule has 0 radical (unpaired) electrons. The van der Waals surface area contributed by atoms with E-state index in [-0.39, 0.29) is 36.2 Å². The Balaban J connectivity index is 1.28. The molecule has 1 unspecified atom stereocenters. The Morgan fingerprint density at radius 1 is 1.20 bits per heavy atom. The highest BCUT2D eigenvalue weighted by Crippen LogP contribution is 2.39. The third kappa shape index (κ3) is 4.99. The number of aliphatic hydroxyl groups is 1. The van der Waals surface area contributed by atoms with Gasteiger partial charge in [0.15, 0.2) is 0 Å². The van der Waals surface area contributed by atoms with E-state index in [1.807, 2.05) is 34.7 Å². The van der Waals surface area contributed by atoms with E-state index in [2.05, 4.69) is 15.2 Å². The van der Waals surface area contributed by atoms with Gasteiger partial charge in [-0.3, -0.25) is 14.6 Å². The summed E-state index contributed by atoms with van der Waals surface area (Å²) in [5.74, 6) is 0.529. The predicted molar refractivity (Wildman–Crippen MR) is 138 cm³/mol. The van der Waals surface area contributed by atoms with Crippen molar-refractivity contribution in [3.63, 3.8) is 0 Å². The quantitative estimate of drug-likeness (QED) is 0.478. The monoisotopic (exact) mass is 556 g/mol. The van der Waals surface area contributed by atoms with Crippen LogP contribution in [0.1, 0.15) is 51.4 Å². The fourth-order valence-corrected chi connectivity index (χ4v) is 5.95. The van der Waals surface area contributed by atoms with Crippen molar-refractivity contribution in [3.05, 3.63) is 70.4 Å². The second kappa shape index (κ2) is 10.2. The number of hydrogen-bond acceptors (Lipinski definition) is 7. The molecule has 0 bridgehead atoms. The molecule has 9 nitrogen and oxygen atoms in total. The van der Waals surface area contributed by atoms with Crippen LogP contribution in [0.3, 0.4) is 0 Å². The molecular weight excluding hydrogens is 525 g/mol. The van der Waals surface area contributed by atoms with Crippen molar-refractivity contribution in [2.24, 2.45) is 13.0 Å². The first-order chi connectivity index (χ1) is 19.1.